The smallest absolute Gasteiger partial charge is 0.410 e. The largest absolute Gasteiger partial charge is 0.444 e. The summed E-state index contributed by atoms with van der Waals surface area (Å²) in [6, 6.07) is 9.57. The molecule has 2 aliphatic heterocycles. The molecule has 9 nitrogen and oxygen atoms in total. The van der Waals surface area contributed by atoms with Crippen molar-refractivity contribution in [1.29, 1.82) is 5.26 Å². The zero-order chi connectivity index (χ0) is 27.5. The second kappa shape index (κ2) is 9.19. The number of carbonyl (C=O) groups excluding carboxylic acids is 1. The SMILES string of the molecule is CC(C)(C)OC(=O)N1C[C@@H]2C[C@H]1CN2c1ccc2ncnc(Nc3ccc(C4(C#N)CCC4)c(Cl)c3F)c2n1. The predicted molar refractivity (Wildman–Crippen MR) is 146 cm³/mol. The zero-order valence-corrected chi connectivity index (χ0v) is 22.8. The van der Waals surface area contributed by atoms with Crippen LogP contribution in [-0.2, 0) is 10.2 Å². The molecule has 1 aliphatic carbocycles. The van der Waals surface area contributed by atoms with Crippen LogP contribution in [0.2, 0.25) is 5.02 Å². The van der Waals surface area contributed by atoms with Crippen LogP contribution in [0.15, 0.2) is 30.6 Å². The second-order valence-corrected chi connectivity index (χ2v) is 11.9. The van der Waals surface area contributed by atoms with Crippen molar-refractivity contribution < 1.29 is 13.9 Å². The average Bonchev–Trinajstić information content (AvgIpc) is 3.48. The van der Waals surface area contributed by atoms with Gasteiger partial charge in [-0.2, -0.15) is 5.26 Å². The number of carbonyl (C=O) groups is 1. The minimum Gasteiger partial charge on any atom is -0.444 e. The van der Waals surface area contributed by atoms with Gasteiger partial charge in [0.2, 0.25) is 0 Å². The number of piperazine rings is 1. The Hall–Kier alpha value is -3.71. The fourth-order valence-corrected chi connectivity index (χ4v) is 6.13. The molecule has 1 amide bonds. The third-order valence-electron chi connectivity index (χ3n) is 7.90. The van der Waals surface area contributed by atoms with Crippen molar-refractivity contribution in [2.75, 3.05) is 23.3 Å². The van der Waals surface area contributed by atoms with E-state index in [2.05, 4.69) is 26.3 Å². The molecule has 202 valence electrons. The highest BCUT2D eigenvalue weighted by molar-refractivity contribution is 6.32. The van der Waals surface area contributed by atoms with Gasteiger partial charge in [-0.3, -0.25) is 0 Å². The number of amides is 1. The highest BCUT2D eigenvalue weighted by Gasteiger charge is 2.47. The Balaban J connectivity index is 1.25. The molecule has 0 spiro atoms. The molecule has 2 aromatic heterocycles. The van der Waals surface area contributed by atoms with Crippen LogP contribution in [0.25, 0.3) is 11.0 Å². The second-order valence-electron chi connectivity index (χ2n) is 11.5. The first-order valence-corrected chi connectivity index (χ1v) is 13.5. The van der Waals surface area contributed by atoms with Gasteiger partial charge in [0.1, 0.15) is 23.3 Å². The first-order valence-electron chi connectivity index (χ1n) is 13.1. The molecule has 1 saturated carbocycles. The molecule has 1 N–H and O–H groups in total. The molecule has 11 heteroatoms. The van der Waals surface area contributed by atoms with Gasteiger partial charge in [-0.05, 0) is 70.2 Å². The van der Waals surface area contributed by atoms with Crippen LogP contribution in [0.3, 0.4) is 0 Å². The Bertz CT molecular complexity index is 1510. The quantitative estimate of drug-likeness (QED) is 0.441. The number of nitrogens with zero attached hydrogens (tertiary/aromatic N) is 6. The first-order chi connectivity index (χ1) is 18.6. The predicted octanol–water partition coefficient (Wildman–Crippen LogP) is 5.70. The van der Waals surface area contributed by atoms with Crippen LogP contribution in [-0.4, -0.2) is 56.7 Å². The van der Waals surface area contributed by atoms with Crippen molar-refractivity contribution in [1.82, 2.24) is 19.9 Å². The lowest BCUT2D eigenvalue weighted by Gasteiger charge is -2.36. The molecule has 2 bridgehead atoms. The van der Waals surface area contributed by atoms with Crippen molar-refractivity contribution in [2.45, 2.75) is 69.6 Å². The number of nitrogens with one attached hydrogen (secondary N) is 1. The minimum absolute atomic E-state index is 0.0455. The number of nitriles is 1. The van der Waals surface area contributed by atoms with E-state index in [1.165, 1.54) is 6.33 Å². The van der Waals surface area contributed by atoms with Crippen molar-refractivity contribution in [3.05, 3.63) is 47.0 Å². The number of hydrogen-bond acceptors (Lipinski definition) is 8. The van der Waals surface area contributed by atoms with Gasteiger partial charge in [0.05, 0.1) is 39.8 Å². The van der Waals surface area contributed by atoms with E-state index >= 15 is 4.39 Å². The summed E-state index contributed by atoms with van der Waals surface area (Å²) < 4.78 is 21.0. The molecule has 39 heavy (non-hydrogen) atoms. The topological polar surface area (TPSA) is 107 Å². The summed E-state index contributed by atoms with van der Waals surface area (Å²) in [7, 11) is 0. The van der Waals surface area contributed by atoms with E-state index < -0.39 is 16.8 Å². The maximum atomic E-state index is 15.4. The van der Waals surface area contributed by atoms with Gasteiger partial charge < -0.3 is 19.9 Å². The molecule has 2 saturated heterocycles. The summed E-state index contributed by atoms with van der Waals surface area (Å²) in [6.07, 6.45) is 4.22. The molecule has 3 aromatic rings. The summed E-state index contributed by atoms with van der Waals surface area (Å²) in [5, 5.41) is 12.7. The van der Waals surface area contributed by atoms with E-state index in [-0.39, 0.29) is 28.9 Å². The van der Waals surface area contributed by atoms with Crippen LogP contribution >= 0.6 is 11.6 Å². The van der Waals surface area contributed by atoms with Gasteiger partial charge in [-0.1, -0.05) is 17.7 Å². The number of benzene rings is 1. The summed E-state index contributed by atoms with van der Waals surface area (Å²) in [4.78, 5) is 30.2. The number of hydrogen-bond donors (Lipinski definition) is 1. The number of rotatable bonds is 4. The molecule has 2 atom stereocenters. The Labute approximate surface area is 230 Å². The van der Waals surface area contributed by atoms with Crippen LogP contribution in [0.1, 0.15) is 52.0 Å². The number of halogens is 2. The van der Waals surface area contributed by atoms with E-state index in [0.717, 1.165) is 18.7 Å². The molecular weight excluding hydrogens is 521 g/mol. The minimum atomic E-state index is -0.720. The molecular formula is C28H29ClFN7O2. The highest BCUT2D eigenvalue weighted by Crippen LogP contribution is 2.47. The van der Waals surface area contributed by atoms with Crippen molar-refractivity contribution >= 4 is 46.1 Å². The van der Waals surface area contributed by atoms with Gasteiger partial charge in [-0.25, -0.2) is 24.1 Å². The molecule has 0 unspecified atom stereocenters. The summed E-state index contributed by atoms with van der Waals surface area (Å²) >= 11 is 6.42. The van der Waals surface area contributed by atoms with Crippen molar-refractivity contribution in [3.8, 4) is 6.07 Å². The molecule has 3 fully saturated rings. The Morgan fingerprint density at radius 3 is 2.64 bits per heavy atom. The lowest BCUT2D eigenvalue weighted by Crippen LogP contribution is -2.50. The number of ether oxygens (including phenoxy) is 1. The van der Waals surface area contributed by atoms with E-state index in [1.54, 1.807) is 17.0 Å². The van der Waals surface area contributed by atoms with E-state index in [9.17, 15) is 10.1 Å². The van der Waals surface area contributed by atoms with Gasteiger partial charge in [0.15, 0.2) is 11.6 Å². The first kappa shape index (κ1) is 25.6. The number of aromatic nitrogens is 3. The fraction of sp³-hybridized carbons (Fsp3) is 0.464. The summed E-state index contributed by atoms with van der Waals surface area (Å²) in [5.74, 6) is 0.465. The van der Waals surface area contributed by atoms with Gasteiger partial charge in [0.25, 0.3) is 0 Å². The van der Waals surface area contributed by atoms with Gasteiger partial charge >= 0.3 is 6.09 Å². The average molecular weight is 550 g/mol. The molecule has 6 rings (SSSR count). The number of anilines is 3. The number of pyridine rings is 1. The fourth-order valence-electron chi connectivity index (χ4n) is 5.79. The van der Waals surface area contributed by atoms with Crippen LogP contribution < -0.4 is 10.2 Å². The van der Waals surface area contributed by atoms with Gasteiger partial charge in [-0.15, -0.1) is 0 Å². The monoisotopic (exact) mass is 549 g/mol. The third kappa shape index (κ3) is 4.39. The van der Waals surface area contributed by atoms with Gasteiger partial charge in [0, 0.05) is 13.1 Å². The van der Waals surface area contributed by atoms with Crippen LogP contribution in [0.4, 0.5) is 26.5 Å². The standard InChI is InChI=1S/C28H29ClFN7O2/c1-27(2,3)39-26(38)37-13-16-11-17(37)12-36(16)21-8-7-20-24(35-21)25(33-15-32-20)34-19-6-5-18(22(29)23(19)30)28(14-31)9-4-10-28/h5-8,15-17H,4,9-13H2,1-3H3,(H,32,33,34)/t16-,17-/m0/s1. The normalized spacial score (nSPS) is 21.5. The lowest BCUT2D eigenvalue weighted by molar-refractivity contribution is 0.0214. The van der Waals surface area contributed by atoms with E-state index in [0.29, 0.717) is 48.3 Å². The Kier molecular flexibility index (Phi) is 6.03. The van der Waals surface area contributed by atoms with Crippen molar-refractivity contribution in [3.63, 3.8) is 0 Å². The van der Waals surface area contributed by atoms with E-state index in [1.807, 2.05) is 32.9 Å². The van der Waals surface area contributed by atoms with Crippen LogP contribution in [0, 0.1) is 17.1 Å². The third-order valence-corrected chi connectivity index (χ3v) is 8.27. The van der Waals surface area contributed by atoms with Crippen LogP contribution in [0.5, 0.6) is 0 Å². The van der Waals surface area contributed by atoms with E-state index in [4.69, 9.17) is 21.3 Å². The maximum absolute atomic E-state index is 15.4. The molecule has 1 aromatic carbocycles. The van der Waals surface area contributed by atoms with Crippen molar-refractivity contribution in [2.24, 2.45) is 0 Å². The zero-order valence-electron chi connectivity index (χ0n) is 22.0. The lowest BCUT2D eigenvalue weighted by atomic mass is 9.65. The molecule has 0 radical (unpaired) electrons. The summed E-state index contributed by atoms with van der Waals surface area (Å²) in [5.41, 5.74) is 0.518. The highest BCUT2D eigenvalue weighted by atomic mass is 35.5. The Morgan fingerprint density at radius 2 is 2.00 bits per heavy atom. The summed E-state index contributed by atoms with van der Waals surface area (Å²) in [6.45, 7) is 6.80. The maximum Gasteiger partial charge on any atom is 0.410 e. The Morgan fingerprint density at radius 1 is 1.21 bits per heavy atom. The molecule has 4 heterocycles. The number of fused-ring (bicyclic) bond motifs is 3. The molecule has 3 aliphatic rings. The number of likely N-dealkylation sites (tertiary alicyclic amines) is 1.